The Morgan fingerprint density at radius 1 is 1.38 bits per heavy atom. The van der Waals surface area contributed by atoms with Gasteiger partial charge in [-0.05, 0) is 30.4 Å². The third kappa shape index (κ3) is 2.59. The van der Waals surface area contributed by atoms with Crippen molar-refractivity contribution in [2.75, 3.05) is 17.7 Å². The molecule has 2 nitrogen and oxygen atoms in total. The van der Waals surface area contributed by atoms with Gasteiger partial charge < -0.3 is 4.90 Å². The highest BCUT2D eigenvalue weighted by Crippen LogP contribution is 2.31. The molecule has 1 aromatic rings. The second-order valence-corrected chi connectivity index (χ2v) is 4.29. The molecule has 16 heavy (non-hydrogen) atoms. The quantitative estimate of drug-likeness (QED) is 0.698. The Balaban J connectivity index is 0.000000606. The lowest BCUT2D eigenvalue weighted by atomic mass is 10.2. The van der Waals surface area contributed by atoms with Gasteiger partial charge in [-0.25, -0.2) is 0 Å². The van der Waals surface area contributed by atoms with Gasteiger partial charge in [-0.15, -0.1) is 11.8 Å². The summed E-state index contributed by atoms with van der Waals surface area (Å²) in [5, 5.41) is 0. The van der Waals surface area contributed by atoms with Gasteiger partial charge in [0, 0.05) is 24.1 Å². The summed E-state index contributed by atoms with van der Waals surface area (Å²) in [7, 11) is 0. The Hall–Kier alpha value is -0.960. The van der Waals surface area contributed by atoms with Crippen molar-refractivity contribution in [2.24, 2.45) is 0 Å². The standard InChI is InChI=1S/C11H13NOS.C2H6/c1-8(13)12-6-5-9-3-4-10(14-2)7-11(9)12;1-2/h3-4,7H,5-6H2,1-2H3;1-2H3. The fourth-order valence-electron chi connectivity index (χ4n) is 1.81. The fraction of sp³-hybridized carbons (Fsp3) is 0.462. The molecule has 0 N–H and O–H groups in total. The van der Waals surface area contributed by atoms with Crippen LogP contribution in [0.5, 0.6) is 0 Å². The molecular weight excluding hydrogens is 218 g/mol. The summed E-state index contributed by atoms with van der Waals surface area (Å²) in [6, 6.07) is 6.35. The Kier molecular flexibility index (Phi) is 4.87. The van der Waals surface area contributed by atoms with Gasteiger partial charge in [0.25, 0.3) is 0 Å². The number of thioether (sulfide) groups is 1. The van der Waals surface area contributed by atoms with E-state index in [9.17, 15) is 4.79 Å². The summed E-state index contributed by atoms with van der Waals surface area (Å²) >= 11 is 1.71. The van der Waals surface area contributed by atoms with Gasteiger partial charge in [-0.2, -0.15) is 0 Å². The number of benzene rings is 1. The molecule has 0 aliphatic carbocycles. The molecular formula is C13H19NOS. The Labute approximate surface area is 102 Å². The lowest BCUT2D eigenvalue weighted by molar-refractivity contribution is -0.116. The molecule has 0 saturated heterocycles. The van der Waals surface area contributed by atoms with Gasteiger partial charge in [-0.1, -0.05) is 19.9 Å². The first kappa shape index (κ1) is 13.1. The van der Waals surface area contributed by atoms with Crippen molar-refractivity contribution in [1.29, 1.82) is 0 Å². The van der Waals surface area contributed by atoms with E-state index in [1.165, 1.54) is 10.5 Å². The van der Waals surface area contributed by atoms with Gasteiger partial charge >= 0.3 is 0 Å². The maximum atomic E-state index is 11.3. The highest BCUT2D eigenvalue weighted by molar-refractivity contribution is 7.98. The first-order valence-corrected chi connectivity index (χ1v) is 6.90. The Bertz CT molecular complexity index is 376. The Morgan fingerprint density at radius 3 is 2.62 bits per heavy atom. The van der Waals surface area contributed by atoms with Crippen LogP contribution >= 0.6 is 11.8 Å². The molecule has 0 atom stereocenters. The summed E-state index contributed by atoms with van der Waals surface area (Å²) in [5.74, 6) is 0.141. The molecule has 0 bridgehead atoms. The molecule has 1 aliphatic heterocycles. The number of hydrogen-bond acceptors (Lipinski definition) is 2. The van der Waals surface area contributed by atoms with Gasteiger partial charge in [0.1, 0.15) is 0 Å². The van der Waals surface area contributed by atoms with Gasteiger partial charge in [0.15, 0.2) is 0 Å². The van der Waals surface area contributed by atoms with E-state index in [1.807, 2.05) is 18.7 Å². The summed E-state index contributed by atoms with van der Waals surface area (Å²) in [6.07, 6.45) is 3.04. The monoisotopic (exact) mass is 237 g/mol. The summed E-state index contributed by atoms with van der Waals surface area (Å²) in [6.45, 7) is 6.46. The van der Waals surface area contributed by atoms with E-state index in [-0.39, 0.29) is 5.91 Å². The summed E-state index contributed by atoms with van der Waals surface area (Å²) < 4.78 is 0. The van der Waals surface area contributed by atoms with E-state index < -0.39 is 0 Å². The number of rotatable bonds is 1. The van der Waals surface area contributed by atoms with Crippen molar-refractivity contribution in [1.82, 2.24) is 0 Å². The Morgan fingerprint density at radius 2 is 2.06 bits per heavy atom. The zero-order valence-electron chi connectivity index (χ0n) is 10.4. The van der Waals surface area contributed by atoms with Crippen LogP contribution in [-0.2, 0) is 11.2 Å². The SMILES string of the molecule is CC.CSc1ccc2c(c1)N(C(C)=O)CC2. The minimum Gasteiger partial charge on any atom is -0.312 e. The van der Waals surface area contributed by atoms with E-state index in [0.29, 0.717) is 0 Å². The third-order valence-corrected chi connectivity index (χ3v) is 3.29. The van der Waals surface area contributed by atoms with E-state index in [1.54, 1.807) is 18.7 Å². The second-order valence-electron chi connectivity index (χ2n) is 3.42. The smallest absolute Gasteiger partial charge is 0.223 e. The molecule has 0 radical (unpaired) electrons. The van der Waals surface area contributed by atoms with Crippen LogP contribution in [0.3, 0.4) is 0 Å². The van der Waals surface area contributed by atoms with Crippen molar-refractivity contribution >= 4 is 23.4 Å². The van der Waals surface area contributed by atoms with E-state index in [2.05, 4.69) is 24.5 Å². The minimum absolute atomic E-state index is 0.141. The molecule has 0 fully saturated rings. The number of carbonyl (C=O) groups is 1. The van der Waals surface area contributed by atoms with Gasteiger partial charge in [0.05, 0.1) is 0 Å². The predicted molar refractivity (Wildman–Crippen MR) is 71.3 cm³/mol. The maximum Gasteiger partial charge on any atom is 0.223 e. The largest absolute Gasteiger partial charge is 0.312 e. The molecule has 1 aliphatic rings. The summed E-state index contributed by atoms with van der Waals surface area (Å²) in [5.41, 5.74) is 2.39. The summed E-state index contributed by atoms with van der Waals surface area (Å²) in [4.78, 5) is 14.4. The third-order valence-electron chi connectivity index (χ3n) is 2.57. The van der Waals surface area contributed by atoms with Crippen LogP contribution in [0.25, 0.3) is 0 Å². The molecule has 1 heterocycles. The van der Waals surface area contributed by atoms with Crippen molar-refractivity contribution in [3.05, 3.63) is 23.8 Å². The molecule has 88 valence electrons. The first-order chi connectivity index (χ1) is 7.72. The number of amides is 1. The second kappa shape index (κ2) is 5.94. The van der Waals surface area contributed by atoms with Crippen molar-refractivity contribution in [3.63, 3.8) is 0 Å². The van der Waals surface area contributed by atoms with Crippen LogP contribution in [0.1, 0.15) is 26.3 Å². The average Bonchev–Trinajstić information content (AvgIpc) is 2.74. The number of nitrogens with zero attached hydrogens (tertiary/aromatic N) is 1. The predicted octanol–water partition coefficient (Wildman–Crippen LogP) is 3.34. The first-order valence-electron chi connectivity index (χ1n) is 5.67. The van der Waals surface area contributed by atoms with Crippen LogP contribution in [-0.4, -0.2) is 18.7 Å². The van der Waals surface area contributed by atoms with E-state index in [4.69, 9.17) is 0 Å². The molecule has 1 aromatic carbocycles. The van der Waals surface area contributed by atoms with Gasteiger partial charge in [-0.3, -0.25) is 4.79 Å². The number of carbonyl (C=O) groups excluding carboxylic acids is 1. The van der Waals surface area contributed by atoms with Crippen LogP contribution < -0.4 is 4.90 Å². The van der Waals surface area contributed by atoms with Crippen LogP contribution in [0, 0.1) is 0 Å². The zero-order chi connectivity index (χ0) is 12.1. The van der Waals surface area contributed by atoms with Gasteiger partial charge in [0.2, 0.25) is 5.91 Å². The van der Waals surface area contributed by atoms with Crippen molar-refractivity contribution in [2.45, 2.75) is 32.1 Å². The topological polar surface area (TPSA) is 20.3 Å². The molecule has 0 aromatic heterocycles. The molecule has 0 spiro atoms. The highest BCUT2D eigenvalue weighted by atomic mass is 32.2. The molecule has 2 rings (SSSR count). The maximum absolute atomic E-state index is 11.3. The molecule has 0 saturated carbocycles. The molecule has 0 unspecified atom stereocenters. The molecule has 3 heteroatoms. The minimum atomic E-state index is 0.141. The average molecular weight is 237 g/mol. The normalized spacial score (nSPS) is 12.9. The highest BCUT2D eigenvalue weighted by Gasteiger charge is 2.21. The fourth-order valence-corrected chi connectivity index (χ4v) is 2.25. The lowest BCUT2D eigenvalue weighted by Gasteiger charge is -2.15. The zero-order valence-corrected chi connectivity index (χ0v) is 11.2. The van der Waals surface area contributed by atoms with Crippen molar-refractivity contribution in [3.8, 4) is 0 Å². The lowest BCUT2D eigenvalue weighted by Crippen LogP contribution is -2.25. The van der Waals surface area contributed by atoms with Crippen molar-refractivity contribution < 1.29 is 4.79 Å². The number of hydrogen-bond donors (Lipinski definition) is 0. The van der Waals surface area contributed by atoms with E-state index >= 15 is 0 Å². The molecule has 1 amide bonds. The van der Waals surface area contributed by atoms with E-state index in [0.717, 1.165) is 18.7 Å². The number of anilines is 1. The van der Waals surface area contributed by atoms with Crippen LogP contribution in [0.4, 0.5) is 5.69 Å². The van der Waals surface area contributed by atoms with Crippen LogP contribution in [0.2, 0.25) is 0 Å². The van der Waals surface area contributed by atoms with Crippen LogP contribution in [0.15, 0.2) is 23.1 Å². The number of fused-ring (bicyclic) bond motifs is 1.